The van der Waals surface area contributed by atoms with Crippen LogP contribution in [0, 0.1) is 5.41 Å². The van der Waals surface area contributed by atoms with E-state index in [0.29, 0.717) is 5.69 Å². The predicted octanol–water partition coefficient (Wildman–Crippen LogP) is 0.960. The van der Waals surface area contributed by atoms with Gasteiger partial charge in [-0.1, -0.05) is 13.8 Å². The van der Waals surface area contributed by atoms with Crippen molar-refractivity contribution < 1.29 is 4.79 Å². The number of hydrogen-bond donors (Lipinski definition) is 1. The van der Waals surface area contributed by atoms with E-state index in [1.165, 1.54) is 0 Å². The summed E-state index contributed by atoms with van der Waals surface area (Å²) in [4.78, 5) is 11.7. The number of carbonyl (C=O) groups excluding carboxylic acids is 1. The first-order valence-corrected chi connectivity index (χ1v) is 4.06. The molecule has 0 radical (unpaired) electrons. The molecule has 1 aliphatic rings. The van der Waals surface area contributed by atoms with Gasteiger partial charge in [0.15, 0.2) is 11.5 Å². The number of fused-ring (bicyclic) bond motifs is 1. The van der Waals surface area contributed by atoms with E-state index < -0.39 is 0 Å². The molecule has 1 aliphatic carbocycles. The monoisotopic (exact) mass is 165 g/mol. The highest BCUT2D eigenvalue weighted by atomic mass is 16.1. The Bertz CT molecular complexity index is 327. The zero-order valence-electron chi connectivity index (χ0n) is 7.22. The van der Waals surface area contributed by atoms with Gasteiger partial charge in [0.05, 0.1) is 5.69 Å². The molecular weight excluding hydrogens is 154 g/mol. The third-order valence-corrected chi connectivity index (χ3v) is 2.44. The number of nitrogens with zero attached hydrogens (tertiary/aromatic N) is 2. The Kier molecular flexibility index (Phi) is 1.34. The van der Waals surface area contributed by atoms with Gasteiger partial charge in [-0.05, 0) is 12.8 Å². The molecule has 2 rings (SSSR count). The molecule has 4 heteroatoms. The summed E-state index contributed by atoms with van der Waals surface area (Å²) in [6, 6.07) is 0. The van der Waals surface area contributed by atoms with E-state index in [0.717, 1.165) is 18.5 Å². The summed E-state index contributed by atoms with van der Waals surface area (Å²) in [7, 11) is 0. The molecule has 0 amide bonds. The van der Waals surface area contributed by atoms with Gasteiger partial charge in [-0.15, -0.1) is 0 Å². The summed E-state index contributed by atoms with van der Waals surface area (Å²) in [5.74, 6) is 0.109. The lowest BCUT2D eigenvalue weighted by molar-refractivity contribution is 0.0805. The highest BCUT2D eigenvalue weighted by Gasteiger charge is 2.36. The van der Waals surface area contributed by atoms with Crippen LogP contribution in [-0.2, 0) is 6.42 Å². The average molecular weight is 165 g/mol. The van der Waals surface area contributed by atoms with E-state index in [1.807, 2.05) is 13.8 Å². The molecule has 64 valence electrons. The van der Waals surface area contributed by atoms with Crippen molar-refractivity contribution in [2.24, 2.45) is 5.41 Å². The molecule has 0 aromatic carbocycles. The lowest BCUT2D eigenvalue weighted by Gasteiger charge is -2.25. The second-order valence-corrected chi connectivity index (χ2v) is 3.83. The van der Waals surface area contributed by atoms with Crippen molar-refractivity contribution in [3.8, 4) is 0 Å². The SMILES string of the molecule is CC1(C)CCc2n[nH]nc2C1=O. The van der Waals surface area contributed by atoms with Crippen molar-refractivity contribution in [2.75, 3.05) is 0 Å². The van der Waals surface area contributed by atoms with Crippen LogP contribution in [0.3, 0.4) is 0 Å². The van der Waals surface area contributed by atoms with Crippen LogP contribution in [-0.4, -0.2) is 21.2 Å². The Hall–Kier alpha value is -1.19. The summed E-state index contributed by atoms with van der Waals surface area (Å²) in [5.41, 5.74) is 1.09. The minimum absolute atomic E-state index is 0.109. The lowest BCUT2D eigenvalue weighted by Crippen LogP contribution is -2.30. The molecule has 1 aromatic rings. The highest BCUT2D eigenvalue weighted by molar-refractivity contribution is 6.00. The first-order valence-electron chi connectivity index (χ1n) is 4.06. The summed E-state index contributed by atoms with van der Waals surface area (Å²) < 4.78 is 0. The molecule has 0 unspecified atom stereocenters. The molecule has 0 atom stereocenters. The maximum Gasteiger partial charge on any atom is 0.190 e. The Morgan fingerprint density at radius 1 is 1.42 bits per heavy atom. The Balaban J connectivity index is 2.49. The Morgan fingerprint density at radius 3 is 2.92 bits per heavy atom. The second kappa shape index (κ2) is 2.15. The average Bonchev–Trinajstić information content (AvgIpc) is 2.45. The standard InChI is InChI=1S/C8H11N3O/c1-8(2)4-3-5-6(7(8)12)10-11-9-5/h3-4H2,1-2H3,(H,9,10,11). The molecule has 0 aliphatic heterocycles. The first kappa shape index (κ1) is 7.46. The number of nitrogens with one attached hydrogen (secondary N) is 1. The van der Waals surface area contributed by atoms with Crippen LogP contribution >= 0.6 is 0 Å². The van der Waals surface area contributed by atoms with Crippen LogP contribution in [0.25, 0.3) is 0 Å². The summed E-state index contributed by atoms with van der Waals surface area (Å²) in [6.07, 6.45) is 1.72. The molecule has 1 N–H and O–H groups in total. The van der Waals surface area contributed by atoms with Crippen LogP contribution in [0.2, 0.25) is 0 Å². The van der Waals surface area contributed by atoms with Gasteiger partial charge in [0.1, 0.15) is 0 Å². The molecule has 1 aromatic heterocycles. The van der Waals surface area contributed by atoms with Gasteiger partial charge in [0.25, 0.3) is 0 Å². The molecule has 0 saturated heterocycles. The van der Waals surface area contributed by atoms with Gasteiger partial charge in [-0.2, -0.15) is 15.4 Å². The number of ketones is 1. The second-order valence-electron chi connectivity index (χ2n) is 3.83. The van der Waals surface area contributed by atoms with Crippen molar-refractivity contribution in [3.63, 3.8) is 0 Å². The van der Waals surface area contributed by atoms with Crippen LogP contribution in [0.15, 0.2) is 0 Å². The van der Waals surface area contributed by atoms with Crippen molar-refractivity contribution in [3.05, 3.63) is 11.4 Å². The van der Waals surface area contributed by atoms with Gasteiger partial charge >= 0.3 is 0 Å². The van der Waals surface area contributed by atoms with E-state index in [9.17, 15) is 4.79 Å². The van der Waals surface area contributed by atoms with Gasteiger partial charge < -0.3 is 0 Å². The topological polar surface area (TPSA) is 58.6 Å². The van der Waals surface area contributed by atoms with E-state index in [1.54, 1.807) is 0 Å². The molecule has 4 nitrogen and oxygen atoms in total. The molecular formula is C8H11N3O. The van der Waals surface area contributed by atoms with Gasteiger partial charge in [-0.3, -0.25) is 4.79 Å². The van der Waals surface area contributed by atoms with Crippen LogP contribution in [0.4, 0.5) is 0 Å². The highest BCUT2D eigenvalue weighted by Crippen LogP contribution is 2.32. The number of aromatic amines is 1. The van der Waals surface area contributed by atoms with Gasteiger partial charge in [0.2, 0.25) is 0 Å². The molecule has 0 spiro atoms. The molecule has 0 bridgehead atoms. The van der Waals surface area contributed by atoms with E-state index in [-0.39, 0.29) is 11.2 Å². The minimum atomic E-state index is -0.260. The fourth-order valence-corrected chi connectivity index (χ4v) is 1.47. The largest absolute Gasteiger partial charge is 0.292 e. The van der Waals surface area contributed by atoms with E-state index in [2.05, 4.69) is 15.4 Å². The zero-order chi connectivity index (χ0) is 8.77. The number of hydrogen-bond acceptors (Lipinski definition) is 3. The van der Waals surface area contributed by atoms with Crippen molar-refractivity contribution in [1.29, 1.82) is 0 Å². The summed E-state index contributed by atoms with van der Waals surface area (Å²) in [6.45, 7) is 3.90. The number of aromatic nitrogens is 3. The third kappa shape index (κ3) is 0.873. The van der Waals surface area contributed by atoms with Crippen molar-refractivity contribution in [2.45, 2.75) is 26.7 Å². The van der Waals surface area contributed by atoms with E-state index in [4.69, 9.17) is 0 Å². The number of aryl methyl sites for hydroxylation is 1. The number of carbonyl (C=O) groups is 1. The molecule has 12 heavy (non-hydrogen) atoms. The third-order valence-electron chi connectivity index (χ3n) is 2.44. The number of H-pyrrole nitrogens is 1. The smallest absolute Gasteiger partial charge is 0.190 e. The van der Waals surface area contributed by atoms with E-state index >= 15 is 0 Å². The fraction of sp³-hybridized carbons (Fsp3) is 0.625. The quantitative estimate of drug-likeness (QED) is 0.622. The first-order chi connectivity index (χ1) is 5.61. The summed E-state index contributed by atoms with van der Waals surface area (Å²) >= 11 is 0. The lowest BCUT2D eigenvalue weighted by atomic mass is 9.77. The van der Waals surface area contributed by atoms with Crippen molar-refractivity contribution >= 4 is 5.78 Å². The predicted molar refractivity (Wildman–Crippen MR) is 42.8 cm³/mol. The van der Waals surface area contributed by atoms with Crippen LogP contribution in [0.1, 0.15) is 36.5 Å². The maximum atomic E-state index is 11.7. The fourth-order valence-electron chi connectivity index (χ4n) is 1.47. The van der Waals surface area contributed by atoms with Crippen LogP contribution in [0.5, 0.6) is 0 Å². The number of Topliss-reactive ketones (excluding diaryl/α,β-unsaturated/α-hetero) is 1. The summed E-state index contributed by atoms with van der Waals surface area (Å²) in [5, 5.41) is 10.3. The van der Waals surface area contributed by atoms with Crippen LogP contribution < -0.4 is 0 Å². The molecule has 0 fully saturated rings. The Morgan fingerprint density at radius 2 is 2.17 bits per heavy atom. The normalized spacial score (nSPS) is 20.7. The molecule has 0 saturated carbocycles. The molecule has 1 heterocycles. The number of rotatable bonds is 0. The van der Waals surface area contributed by atoms with Crippen molar-refractivity contribution in [1.82, 2.24) is 15.4 Å². The van der Waals surface area contributed by atoms with Gasteiger partial charge in [0, 0.05) is 5.41 Å². The minimum Gasteiger partial charge on any atom is -0.292 e. The Labute approximate surface area is 70.4 Å². The zero-order valence-corrected chi connectivity index (χ0v) is 7.22. The van der Waals surface area contributed by atoms with Gasteiger partial charge in [-0.25, -0.2) is 0 Å². The maximum absolute atomic E-state index is 11.7.